The van der Waals surface area contributed by atoms with Gasteiger partial charge in [-0.1, -0.05) is 15.9 Å². The third-order valence-electron chi connectivity index (χ3n) is 6.65. The number of likely N-dealkylation sites (tertiary alicyclic amines) is 1. The molecule has 0 saturated carbocycles. The van der Waals surface area contributed by atoms with E-state index >= 15 is 0 Å². The Kier molecular flexibility index (Phi) is 5.97. The first kappa shape index (κ1) is 24.2. The Morgan fingerprint density at radius 2 is 1.92 bits per heavy atom. The topological polar surface area (TPSA) is 111 Å². The fourth-order valence-electron chi connectivity index (χ4n) is 4.88. The van der Waals surface area contributed by atoms with Gasteiger partial charge in [-0.15, -0.1) is 0 Å². The second-order valence-electron chi connectivity index (χ2n) is 8.85. The number of aromatic nitrogens is 3. The van der Waals surface area contributed by atoms with E-state index in [2.05, 4.69) is 31.1 Å². The largest absolute Gasteiger partial charge is 0.405 e. The number of piperidine rings is 1. The van der Waals surface area contributed by atoms with E-state index < -0.39 is 30.6 Å². The Morgan fingerprint density at radius 1 is 1.17 bits per heavy atom. The number of fused-ring (bicyclic) bond motifs is 3. The number of rotatable bonds is 4. The van der Waals surface area contributed by atoms with Crippen LogP contribution in [-0.4, -0.2) is 70.2 Å². The van der Waals surface area contributed by atoms with Gasteiger partial charge in [-0.05, 0) is 42.7 Å². The average Bonchev–Trinajstić information content (AvgIpc) is 3.40. The summed E-state index contributed by atoms with van der Waals surface area (Å²) in [5.74, 6) is -1.48. The van der Waals surface area contributed by atoms with Gasteiger partial charge in [0.1, 0.15) is 13.1 Å². The van der Waals surface area contributed by atoms with Gasteiger partial charge in [-0.3, -0.25) is 19.5 Å². The van der Waals surface area contributed by atoms with Crippen molar-refractivity contribution in [2.24, 2.45) is 0 Å². The van der Waals surface area contributed by atoms with Gasteiger partial charge in [0.2, 0.25) is 11.8 Å². The Bertz CT molecular complexity index is 1370. The maximum atomic E-state index is 13.6. The van der Waals surface area contributed by atoms with E-state index in [-0.39, 0.29) is 24.9 Å². The van der Waals surface area contributed by atoms with Crippen molar-refractivity contribution in [1.82, 2.24) is 25.4 Å². The summed E-state index contributed by atoms with van der Waals surface area (Å²) < 4.78 is 38.3. The first-order chi connectivity index (χ1) is 17.1. The lowest BCUT2D eigenvalue weighted by atomic mass is 9.73. The highest BCUT2D eigenvalue weighted by Gasteiger charge is 2.53. The fourth-order valence-corrected chi connectivity index (χ4v) is 5.24. The summed E-state index contributed by atoms with van der Waals surface area (Å²) in [6.45, 7) is -1.42. The number of H-pyrrole nitrogens is 1. The van der Waals surface area contributed by atoms with Crippen LogP contribution >= 0.6 is 15.9 Å². The van der Waals surface area contributed by atoms with Crippen molar-refractivity contribution in [3.8, 4) is 0 Å². The maximum absolute atomic E-state index is 13.6. The van der Waals surface area contributed by atoms with Crippen LogP contribution in [0.25, 0.3) is 11.0 Å². The number of benzene rings is 1. The molecule has 1 spiro atoms. The zero-order valence-corrected chi connectivity index (χ0v) is 20.3. The van der Waals surface area contributed by atoms with Crippen molar-refractivity contribution in [2.45, 2.75) is 24.4 Å². The Balaban J connectivity index is 1.35. The van der Waals surface area contributed by atoms with Crippen LogP contribution in [0, 0.1) is 0 Å². The van der Waals surface area contributed by atoms with Gasteiger partial charge in [0, 0.05) is 34.8 Å². The number of alkyl halides is 3. The molecule has 1 fully saturated rings. The normalized spacial score (nSPS) is 17.1. The van der Waals surface area contributed by atoms with Gasteiger partial charge in [-0.2, -0.15) is 18.3 Å². The van der Waals surface area contributed by atoms with Crippen molar-refractivity contribution in [3.63, 3.8) is 0 Å². The lowest BCUT2D eigenvalue weighted by molar-refractivity contribution is -0.138. The number of aromatic amines is 1. The molecule has 9 nitrogen and oxygen atoms in total. The van der Waals surface area contributed by atoms with Gasteiger partial charge in [0.15, 0.2) is 5.65 Å². The summed E-state index contributed by atoms with van der Waals surface area (Å²) in [4.78, 5) is 46.1. The third-order valence-corrected chi connectivity index (χ3v) is 7.14. The quantitative estimate of drug-likeness (QED) is 0.506. The van der Waals surface area contributed by atoms with Crippen molar-refractivity contribution in [3.05, 3.63) is 52.3 Å². The number of carbonyl (C=O) groups is 3. The molecule has 2 N–H and O–H groups in total. The van der Waals surface area contributed by atoms with Crippen LogP contribution < -0.4 is 10.2 Å². The lowest BCUT2D eigenvalue weighted by Gasteiger charge is -2.38. The highest BCUT2D eigenvalue weighted by Crippen LogP contribution is 2.48. The summed E-state index contributed by atoms with van der Waals surface area (Å²) in [6, 6.07) is 6.89. The van der Waals surface area contributed by atoms with Gasteiger partial charge in [0.05, 0.1) is 17.2 Å². The zero-order valence-electron chi connectivity index (χ0n) is 18.7. The molecular weight excluding hydrogens is 545 g/mol. The van der Waals surface area contributed by atoms with Crippen LogP contribution in [0.3, 0.4) is 0 Å². The van der Waals surface area contributed by atoms with E-state index in [0.717, 1.165) is 4.47 Å². The minimum atomic E-state index is -4.55. The molecule has 4 heterocycles. The number of pyridine rings is 1. The van der Waals surface area contributed by atoms with E-state index in [1.165, 1.54) is 11.1 Å². The molecule has 36 heavy (non-hydrogen) atoms. The Labute approximate surface area is 211 Å². The second kappa shape index (κ2) is 8.87. The number of nitrogens with zero attached hydrogens (tertiary/aromatic N) is 4. The molecule has 2 aliphatic rings. The summed E-state index contributed by atoms with van der Waals surface area (Å²) in [5.41, 5.74) is 1.18. The summed E-state index contributed by atoms with van der Waals surface area (Å²) in [7, 11) is 0. The van der Waals surface area contributed by atoms with E-state index in [1.807, 2.05) is 5.32 Å². The molecule has 0 atom stereocenters. The molecule has 2 aromatic heterocycles. The first-order valence-corrected chi connectivity index (χ1v) is 11.9. The molecule has 0 unspecified atom stereocenters. The standard InChI is InChI=1S/C23H20BrF3N6O3/c24-15-1-2-17-16(8-15)22(21(36)33(17)11-18(34)29-12-23(25,26)27)3-5-32(6-4-22)20(35)14-7-13-10-30-31-19(13)28-9-14/h1-2,7-10H,3-6,11-12H2,(H,29,34)(H,28,30,31). The van der Waals surface area contributed by atoms with E-state index in [1.54, 1.807) is 35.4 Å². The molecule has 188 valence electrons. The number of hydrogen-bond acceptors (Lipinski definition) is 5. The van der Waals surface area contributed by atoms with E-state index in [0.29, 0.717) is 40.7 Å². The molecule has 2 aliphatic heterocycles. The highest BCUT2D eigenvalue weighted by atomic mass is 79.9. The number of amides is 3. The van der Waals surface area contributed by atoms with Crippen LogP contribution in [-0.2, 0) is 15.0 Å². The van der Waals surface area contributed by atoms with Crippen molar-refractivity contribution >= 4 is 50.4 Å². The molecule has 1 aromatic carbocycles. The van der Waals surface area contributed by atoms with Crippen LogP contribution in [0.4, 0.5) is 18.9 Å². The van der Waals surface area contributed by atoms with Crippen LogP contribution in [0.15, 0.2) is 41.1 Å². The SMILES string of the molecule is O=C(CN1C(=O)C2(CCN(C(=O)c3cnc4[nH]ncc4c3)CC2)c2cc(Br)ccc21)NCC(F)(F)F. The number of halogens is 4. The van der Waals surface area contributed by atoms with Crippen molar-refractivity contribution in [2.75, 3.05) is 31.1 Å². The Hall–Kier alpha value is -3.48. The number of anilines is 1. The average molecular weight is 565 g/mol. The summed E-state index contributed by atoms with van der Waals surface area (Å²) in [5, 5.41) is 9.17. The predicted molar refractivity (Wildman–Crippen MR) is 126 cm³/mol. The monoisotopic (exact) mass is 564 g/mol. The van der Waals surface area contributed by atoms with Crippen LogP contribution in [0.1, 0.15) is 28.8 Å². The first-order valence-electron chi connectivity index (χ1n) is 11.1. The Morgan fingerprint density at radius 3 is 2.64 bits per heavy atom. The van der Waals surface area contributed by atoms with Gasteiger partial charge in [0.25, 0.3) is 5.91 Å². The maximum Gasteiger partial charge on any atom is 0.405 e. The minimum absolute atomic E-state index is 0.219. The molecule has 13 heteroatoms. The van der Waals surface area contributed by atoms with E-state index in [4.69, 9.17) is 0 Å². The zero-order chi connectivity index (χ0) is 25.7. The van der Waals surface area contributed by atoms with Gasteiger partial charge < -0.3 is 15.1 Å². The minimum Gasteiger partial charge on any atom is -0.345 e. The van der Waals surface area contributed by atoms with Crippen LogP contribution in [0.5, 0.6) is 0 Å². The molecule has 5 rings (SSSR count). The molecule has 1 saturated heterocycles. The highest BCUT2D eigenvalue weighted by molar-refractivity contribution is 9.10. The third kappa shape index (κ3) is 4.31. The lowest BCUT2D eigenvalue weighted by Crippen LogP contribution is -2.51. The molecule has 0 bridgehead atoms. The van der Waals surface area contributed by atoms with Gasteiger partial charge >= 0.3 is 6.18 Å². The number of carbonyl (C=O) groups excluding carboxylic acids is 3. The van der Waals surface area contributed by atoms with Crippen molar-refractivity contribution in [1.29, 1.82) is 0 Å². The predicted octanol–water partition coefficient (Wildman–Crippen LogP) is 2.92. The smallest absolute Gasteiger partial charge is 0.345 e. The molecule has 0 aliphatic carbocycles. The molecular formula is C23H20BrF3N6O3. The number of nitrogens with one attached hydrogen (secondary N) is 2. The number of hydrogen-bond donors (Lipinski definition) is 2. The van der Waals surface area contributed by atoms with Crippen molar-refractivity contribution < 1.29 is 27.6 Å². The molecule has 3 amide bonds. The summed E-state index contributed by atoms with van der Waals surface area (Å²) >= 11 is 3.42. The summed E-state index contributed by atoms with van der Waals surface area (Å²) in [6.07, 6.45) is -0.880. The van der Waals surface area contributed by atoms with Crippen LogP contribution in [0.2, 0.25) is 0 Å². The van der Waals surface area contributed by atoms with Gasteiger partial charge in [-0.25, -0.2) is 4.98 Å². The fraction of sp³-hybridized carbons (Fsp3) is 0.348. The second-order valence-corrected chi connectivity index (χ2v) is 9.77. The molecule has 0 radical (unpaired) electrons. The van der Waals surface area contributed by atoms with E-state index in [9.17, 15) is 27.6 Å². The molecule has 3 aromatic rings.